The van der Waals surface area contributed by atoms with Crippen LogP contribution in [-0.2, 0) is 0 Å². The largest absolute Gasteiger partial charge is 0.207 e. The smallest absolute Gasteiger partial charge is 0.126 e. The molecule has 0 fully saturated rings. The number of halogens is 2. The normalized spacial score (nSPS) is 10.6. The fourth-order valence-corrected chi connectivity index (χ4v) is 2.42. The van der Waals surface area contributed by atoms with Gasteiger partial charge in [-0.3, -0.25) is 0 Å². The lowest BCUT2D eigenvalue weighted by atomic mass is 9.98. The summed E-state index contributed by atoms with van der Waals surface area (Å²) >= 11 is 0. The summed E-state index contributed by atoms with van der Waals surface area (Å²) in [5, 5.41) is 0. The van der Waals surface area contributed by atoms with E-state index >= 15 is 0 Å². The van der Waals surface area contributed by atoms with Crippen molar-refractivity contribution in [3.63, 3.8) is 0 Å². The molecule has 2 heteroatoms. The molecule has 21 heavy (non-hydrogen) atoms. The lowest BCUT2D eigenvalue weighted by molar-refractivity contribution is 0.584. The molecule has 0 nitrogen and oxygen atoms in total. The second kappa shape index (κ2) is 5.49. The highest BCUT2D eigenvalue weighted by Crippen LogP contribution is 2.27. The average molecular weight is 280 g/mol. The molecule has 0 atom stereocenters. The van der Waals surface area contributed by atoms with Gasteiger partial charge in [0.05, 0.1) is 0 Å². The molecule has 0 aromatic heterocycles. The van der Waals surface area contributed by atoms with Crippen LogP contribution in [0.15, 0.2) is 66.7 Å². The number of hydrogen-bond donors (Lipinski definition) is 0. The molecule has 0 radical (unpaired) electrons. The Kier molecular flexibility index (Phi) is 3.53. The fraction of sp³-hybridized carbons (Fsp3) is 0.0526. The lowest BCUT2D eigenvalue weighted by Crippen LogP contribution is -1.85. The fourth-order valence-electron chi connectivity index (χ4n) is 2.42. The lowest BCUT2D eigenvalue weighted by Gasteiger charge is -2.07. The van der Waals surface area contributed by atoms with Crippen molar-refractivity contribution in [2.45, 2.75) is 6.92 Å². The van der Waals surface area contributed by atoms with Gasteiger partial charge in [0.2, 0.25) is 0 Å². The highest BCUT2D eigenvalue weighted by molar-refractivity contribution is 5.73. The molecule has 0 saturated carbocycles. The average Bonchev–Trinajstić information content (AvgIpc) is 2.46. The van der Waals surface area contributed by atoms with Crippen LogP contribution in [0.4, 0.5) is 8.78 Å². The van der Waals surface area contributed by atoms with Gasteiger partial charge >= 0.3 is 0 Å². The van der Waals surface area contributed by atoms with E-state index in [1.807, 2.05) is 49.4 Å². The van der Waals surface area contributed by atoms with E-state index < -0.39 is 11.6 Å². The Morgan fingerprint density at radius 2 is 1.10 bits per heavy atom. The Morgan fingerprint density at radius 3 is 1.71 bits per heavy atom. The summed E-state index contributed by atoms with van der Waals surface area (Å²) in [7, 11) is 0. The van der Waals surface area contributed by atoms with Crippen LogP contribution >= 0.6 is 0 Å². The topological polar surface area (TPSA) is 0 Å². The van der Waals surface area contributed by atoms with Crippen LogP contribution in [0.25, 0.3) is 22.3 Å². The highest BCUT2D eigenvalue weighted by Gasteiger charge is 2.05. The molecule has 0 heterocycles. The van der Waals surface area contributed by atoms with Crippen LogP contribution < -0.4 is 0 Å². The van der Waals surface area contributed by atoms with E-state index in [0.717, 1.165) is 22.8 Å². The second-order valence-electron chi connectivity index (χ2n) is 5.11. The minimum Gasteiger partial charge on any atom is -0.207 e. The Hall–Kier alpha value is -2.48. The summed E-state index contributed by atoms with van der Waals surface area (Å²) < 4.78 is 26.7. The van der Waals surface area contributed by atoms with Crippen LogP contribution in [0, 0.1) is 18.6 Å². The molecule has 3 rings (SSSR count). The molecule has 3 aromatic carbocycles. The van der Waals surface area contributed by atoms with Gasteiger partial charge in [0, 0.05) is 6.07 Å². The molecule has 0 N–H and O–H groups in total. The van der Waals surface area contributed by atoms with Crippen LogP contribution in [0.3, 0.4) is 0 Å². The number of aryl methyl sites for hydroxylation is 1. The molecule has 0 aliphatic carbocycles. The predicted molar refractivity (Wildman–Crippen MR) is 82.0 cm³/mol. The summed E-state index contributed by atoms with van der Waals surface area (Å²) in [6.45, 7) is 2.04. The maximum atomic E-state index is 13.4. The maximum Gasteiger partial charge on any atom is 0.126 e. The Balaban J connectivity index is 2.08. The monoisotopic (exact) mass is 280 g/mol. The van der Waals surface area contributed by atoms with Gasteiger partial charge in [0.15, 0.2) is 0 Å². The van der Waals surface area contributed by atoms with Gasteiger partial charge < -0.3 is 0 Å². The van der Waals surface area contributed by atoms with Crippen LogP contribution in [0.2, 0.25) is 0 Å². The van der Waals surface area contributed by atoms with E-state index in [9.17, 15) is 8.78 Å². The molecule has 104 valence electrons. The summed E-state index contributed by atoms with van der Waals surface area (Å²) in [4.78, 5) is 0. The number of benzene rings is 3. The highest BCUT2D eigenvalue weighted by atomic mass is 19.1. The minimum atomic E-state index is -0.564. The van der Waals surface area contributed by atoms with Crippen LogP contribution in [0.1, 0.15) is 5.56 Å². The quantitative estimate of drug-likeness (QED) is 0.572. The van der Waals surface area contributed by atoms with Crippen LogP contribution in [-0.4, -0.2) is 0 Å². The first kappa shape index (κ1) is 13.5. The first-order valence-corrected chi connectivity index (χ1v) is 6.75. The van der Waals surface area contributed by atoms with Crippen molar-refractivity contribution in [2.24, 2.45) is 0 Å². The molecular weight excluding hydrogens is 266 g/mol. The Bertz CT molecular complexity index is 771. The molecule has 0 amide bonds. The summed E-state index contributed by atoms with van der Waals surface area (Å²) in [5.74, 6) is -1.13. The molecule has 0 aliphatic rings. The minimum absolute atomic E-state index is 0.544. The standard InChI is InChI=1S/C19H14F2/c1-13-4-2-5-14(8-13)15-6-3-7-16(9-15)17-10-18(20)12-19(21)11-17/h2-12H,1H3. The molecule has 3 aromatic rings. The third-order valence-corrected chi connectivity index (χ3v) is 3.41. The van der Waals surface area contributed by atoms with Crippen molar-refractivity contribution in [1.82, 2.24) is 0 Å². The molecule has 0 bridgehead atoms. The predicted octanol–water partition coefficient (Wildman–Crippen LogP) is 5.61. The zero-order valence-electron chi connectivity index (χ0n) is 11.6. The zero-order valence-corrected chi connectivity index (χ0v) is 11.6. The van der Waals surface area contributed by atoms with E-state index in [1.165, 1.54) is 17.7 Å². The Morgan fingerprint density at radius 1 is 0.571 bits per heavy atom. The van der Waals surface area contributed by atoms with Gasteiger partial charge in [-0.25, -0.2) is 8.78 Å². The molecular formula is C19H14F2. The van der Waals surface area contributed by atoms with E-state index in [0.29, 0.717) is 5.56 Å². The molecule has 0 unspecified atom stereocenters. The molecule has 0 spiro atoms. The maximum absolute atomic E-state index is 13.4. The third-order valence-electron chi connectivity index (χ3n) is 3.41. The third kappa shape index (κ3) is 3.00. The van der Waals surface area contributed by atoms with Crippen molar-refractivity contribution >= 4 is 0 Å². The first-order valence-electron chi connectivity index (χ1n) is 6.75. The van der Waals surface area contributed by atoms with Gasteiger partial charge in [-0.05, 0) is 47.4 Å². The molecule has 0 saturated heterocycles. The van der Waals surface area contributed by atoms with E-state index in [4.69, 9.17) is 0 Å². The van der Waals surface area contributed by atoms with Gasteiger partial charge in [-0.15, -0.1) is 0 Å². The van der Waals surface area contributed by atoms with Gasteiger partial charge in [0.25, 0.3) is 0 Å². The van der Waals surface area contributed by atoms with Gasteiger partial charge in [-0.2, -0.15) is 0 Å². The summed E-state index contributed by atoms with van der Waals surface area (Å²) in [5.41, 5.74) is 4.64. The zero-order chi connectivity index (χ0) is 14.8. The van der Waals surface area contributed by atoms with E-state index in [1.54, 1.807) is 0 Å². The summed E-state index contributed by atoms with van der Waals surface area (Å²) in [6, 6.07) is 19.4. The van der Waals surface area contributed by atoms with Crippen LogP contribution in [0.5, 0.6) is 0 Å². The molecule has 0 aliphatic heterocycles. The van der Waals surface area contributed by atoms with Gasteiger partial charge in [0.1, 0.15) is 11.6 Å². The van der Waals surface area contributed by atoms with E-state index in [-0.39, 0.29) is 0 Å². The van der Waals surface area contributed by atoms with Crippen molar-refractivity contribution in [3.8, 4) is 22.3 Å². The SMILES string of the molecule is Cc1cccc(-c2cccc(-c3cc(F)cc(F)c3)c2)c1. The van der Waals surface area contributed by atoms with Crippen molar-refractivity contribution in [1.29, 1.82) is 0 Å². The van der Waals surface area contributed by atoms with Gasteiger partial charge in [-0.1, -0.05) is 48.0 Å². The number of hydrogen-bond acceptors (Lipinski definition) is 0. The number of rotatable bonds is 2. The van der Waals surface area contributed by atoms with Crippen molar-refractivity contribution in [3.05, 3.63) is 83.9 Å². The first-order chi connectivity index (χ1) is 10.1. The van der Waals surface area contributed by atoms with Crippen molar-refractivity contribution in [2.75, 3.05) is 0 Å². The summed E-state index contributed by atoms with van der Waals surface area (Å²) in [6.07, 6.45) is 0. The van der Waals surface area contributed by atoms with E-state index in [2.05, 4.69) is 6.07 Å². The van der Waals surface area contributed by atoms with Crippen molar-refractivity contribution < 1.29 is 8.78 Å². The second-order valence-corrected chi connectivity index (χ2v) is 5.11. The Labute approximate surface area is 122 Å².